The number of rotatable bonds is 2. The zero-order valence-corrected chi connectivity index (χ0v) is 12.0. The van der Waals surface area contributed by atoms with Crippen LogP contribution < -0.4 is 51.4 Å². The largest absolute Gasteiger partial charge is 1.00 e. The third kappa shape index (κ3) is 4.90. The fourth-order valence-corrected chi connectivity index (χ4v) is 1.54. The molecule has 1 amide bonds. The van der Waals surface area contributed by atoms with Gasteiger partial charge in [-0.15, -0.1) is 6.54 Å². The standard InChI is InChI=1S/C9H18N2O.K/c1-3-10-9(12)8-4-6-11(2)7-5-8;/h8H,3-7H2,1-2H3,(H,10,12);/q;+1/p-1. The van der Waals surface area contributed by atoms with Gasteiger partial charge in [-0.25, -0.2) is 0 Å². The molecule has 4 heteroatoms. The predicted molar refractivity (Wildman–Crippen MR) is 49.1 cm³/mol. The number of nitrogens with zero attached hydrogens (tertiary/aromatic N) is 2. The fourth-order valence-electron chi connectivity index (χ4n) is 1.54. The molecule has 0 aliphatic carbocycles. The molecule has 1 fully saturated rings. The Kier molecular flexibility index (Phi) is 7.97. The molecule has 0 spiro atoms. The average Bonchev–Trinajstić information content (AvgIpc) is 2.06. The third-order valence-corrected chi connectivity index (χ3v) is 2.38. The number of hydrogen-bond donors (Lipinski definition) is 0. The smallest absolute Gasteiger partial charge is 0.653 e. The van der Waals surface area contributed by atoms with E-state index in [9.17, 15) is 4.79 Å². The molecule has 1 saturated heterocycles. The van der Waals surface area contributed by atoms with Crippen LogP contribution in [-0.4, -0.2) is 37.5 Å². The second kappa shape index (κ2) is 7.37. The molecule has 1 rings (SSSR count). The molecule has 70 valence electrons. The summed E-state index contributed by atoms with van der Waals surface area (Å²) in [6.07, 6.45) is 1.97. The predicted octanol–water partition coefficient (Wildman–Crippen LogP) is -1.75. The summed E-state index contributed by atoms with van der Waals surface area (Å²) in [4.78, 5) is 13.6. The van der Waals surface area contributed by atoms with E-state index in [4.69, 9.17) is 0 Å². The van der Waals surface area contributed by atoms with E-state index in [-0.39, 0.29) is 63.2 Å². The van der Waals surface area contributed by atoms with E-state index in [0.717, 1.165) is 25.9 Å². The second-order valence-electron chi connectivity index (χ2n) is 3.39. The monoisotopic (exact) mass is 208 g/mol. The molecule has 0 radical (unpaired) electrons. The van der Waals surface area contributed by atoms with Crippen LogP contribution in [0.5, 0.6) is 0 Å². The van der Waals surface area contributed by atoms with Gasteiger partial charge in [0, 0.05) is 5.92 Å². The average molecular weight is 208 g/mol. The maximum absolute atomic E-state index is 11.3. The first-order valence-electron chi connectivity index (χ1n) is 4.64. The van der Waals surface area contributed by atoms with Crippen molar-refractivity contribution in [1.82, 2.24) is 4.90 Å². The van der Waals surface area contributed by atoms with Gasteiger partial charge in [-0.2, -0.15) is 0 Å². The molecule has 3 nitrogen and oxygen atoms in total. The van der Waals surface area contributed by atoms with E-state index in [2.05, 4.69) is 17.3 Å². The van der Waals surface area contributed by atoms with E-state index in [0.29, 0.717) is 6.54 Å². The maximum Gasteiger partial charge on any atom is 1.00 e. The van der Waals surface area contributed by atoms with Crippen LogP contribution in [0, 0.1) is 5.92 Å². The van der Waals surface area contributed by atoms with Crippen LogP contribution in [0.4, 0.5) is 0 Å². The Hall–Kier alpha value is 1.07. The zero-order valence-electron chi connectivity index (χ0n) is 8.92. The SMILES string of the molecule is CC[N-]C(=O)C1CCN(C)CC1.[K+]. The van der Waals surface area contributed by atoms with Crippen molar-refractivity contribution in [3.05, 3.63) is 5.32 Å². The van der Waals surface area contributed by atoms with E-state index >= 15 is 0 Å². The van der Waals surface area contributed by atoms with Gasteiger partial charge in [-0.1, -0.05) is 6.92 Å². The van der Waals surface area contributed by atoms with Crippen LogP contribution in [0.25, 0.3) is 5.32 Å². The van der Waals surface area contributed by atoms with Crippen molar-refractivity contribution in [2.45, 2.75) is 19.8 Å². The van der Waals surface area contributed by atoms with Gasteiger partial charge in [0.25, 0.3) is 0 Å². The van der Waals surface area contributed by atoms with Crippen LogP contribution in [0.1, 0.15) is 19.8 Å². The first kappa shape index (κ1) is 14.1. The van der Waals surface area contributed by atoms with Gasteiger partial charge in [0.05, 0.1) is 5.91 Å². The van der Waals surface area contributed by atoms with E-state index in [1.54, 1.807) is 0 Å². The molecule has 0 bridgehead atoms. The van der Waals surface area contributed by atoms with Crippen molar-refractivity contribution >= 4 is 5.91 Å². The Morgan fingerprint density at radius 1 is 1.46 bits per heavy atom. The Labute approximate surface area is 123 Å². The molecule has 0 atom stereocenters. The summed E-state index contributed by atoms with van der Waals surface area (Å²) < 4.78 is 0. The number of piperidine rings is 1. The summed E-state index contributed by atoms with van der Waals surface area (Å²) in [6, 6.07) is 0. The van der Waals surface area contributed by atoms with Crippen molar-refractivity contribution < 1.29 is 56.2 Å². The summed E-state index contributed by atoms with van der Waals surface area (Å²) in [7, 11) is 2.09. The second-order valence-corrected chi connectivity index (χ2v) is 3.39. The van der Waals surface area contributed by atoms with Crippen LogP contribution in [0.15, 0.2) is 0 Å². The van der Waals surface area contributed by atoms with Gasteiger partial charge in [0.2, 0.25) is 0 Å². The van der Waals surface area contributed by atoms with Crippen molar-refractivity contribution in [1.29, 1.82) is 0 Å². The van der Waals surface area contributed by atoms with Crippen LogP contribution in [0.3, 0.4) is 0 Å². The van der Waals surface area contributed by atoms with Crippen LogP contribution in [0.2, 0.25) is 0 Å². The third-order valence-electron chi connectivity index (χ3n) is 2.38. The molecule has 1 heterocycles. The molecular formula is C9H17KN2O. The molecule has 0 aromatic carbocycles. The van der Waals surface area contributed by atoms with Gasteiger partial charge >= 0.3 is 51.4 Å². The van der Waals surface area contributed by atoms with Crippen molar-refractivity contribution in [2.75, 3.05) is 26.7 Å². The fraction of sp³-hybridized carbons (Fsp3) is 0.889. The van der Waals surface area contributed by atoms with Gasteiger partial charge in [0.15, 0.2) is 0 Å². The Balaban J connectivity index is 0.00000144. The number of carbonyl (C=O) groups is 1. The number of hydrogen-bond acceptors (Lipinski definition) is 2. The molecule has 0 aromatic rings. The van der Waals surface area contributed by atoms with Gasteiger partial charge < -0.3 is 15.0 Å². The summed E-state index contributed by atoms with van der Waals surface area (Å²) in [5.41, 5.74) is 0. The molecule has 13 heavy (non-hydrogen) atoms. The Bertz CT molecular complexity index is 156. The molecule has 1 aliphatic rings. The number of likely N-dealkylation sites (tertiary alicyclic amines) is 1. The molecule has 1 aliphatic heterocycles. The molecule has 0 N–H and O–H groups in total. The summed E-state index contributed by atoms with van der Waals surface area (Å²) in [6.45, 7) is 4.61. The minimum Gasteiger partial charge on any atom is -0.653 e. The Morgan fingerprint density at radius 3 is 2.46 bits per heavy atom. The molecule has 0 unspecified atom stereocenters. The molecular weight excluding hydrogens is 191 g/mol. The maximum atomic E-state index is 11.3. The minimum absolute atomic E-state index is 0. The molecule has 0 saturated carbocycles. The first-order valence-corrected chi connectivity index (χ1v) is 4.64. The summed E-state index contributed by atoms with van der Waals surface area (Å²) >= 11 is 0. The number of amides is 1. The van der Waals surface area contributed by atoms with E-state index < -0.39 is 0 Å². The molecule has 0 aromatic heterocycles. The van der Waals surface area contributed by atoms with Gasteiger partial charge in [0.1, 0.15) is 0 Å². The first-order chi connectivity index (χ1) is 5.74. The normalized spacial score (nSPS) is 19.2. The Morgan fingerprint density at radius 2 is 2.00 bits per heavy atom. The quantitative estimate of drug-likeness (QED) is 0.505. The summed E-state index contributed by atoms with van der Waals surface area (Å²) in [5, 5.41) is 3.92. The number of carbonyl (C=O) groups excluding carboxylic acids is 1. The van der Waals surface area contributed by atoms with Gasteiger partial charge in [-0.05, 0) is 33.0 Å². The van der Waals surface area contributed by atoms with E-state index in [1.807, 2.05) is 6.92 Å². The van der Waals surface area contributed by atoms with Crippen molar-refractivity contribution in [3.63, 3.8) is 0 Å². The van der Waals surface area contributed by atoms with E-state index in [1.165, 1.54) is 0 Å². The zero-order chi connectivity index (χ0) is 8.97. The van der Waals surface area contributed by atoms with Crippen LogP contribution in [-0.2, 0) is 4.79 Å². The summed E-state index contributed by atoms with van der Waals surface area (Å²) in [5.74, 6) is 0.326. The van der Waals surface area contributed by atoms with Crippen molar-refractivity contribution in [3.8, 4) is 0 Å². The van der Waals surface area contributed by atoms with Crippen LogP contribution >= 0.6 is 0 Å². The minimum atomic E-state index is 0. The van der Waals surface area contributed by atoms with Gasteiger partial charge in [-0.3, -0.25) is 0 Å². The van der Waals surface area contributed by atoms with Crippen molar-refractivity contribution in [2.24, 2.45) is 5.92 Å². The topological polar surface area (TPSA) is 34.4 Å².